The lowest BCUT2D eigenvalue weighted by atomic mass is 10.0. The molecule has 1 heterocycles. The molecule has 5 nitrogen and oxygen atoms in total. The third-order valence-electron chi connectivity index (χ3n) is 3.68. The Balaban J connectivity index is 2.23. The molecule has 1 N–H and O–H groups in total. The number of hydrogen-bond donors (Lipinski definition) is 1. The summed E-state index contributed by atoms with van der Waals surface area (Å²) < 4.78 is 43.3. The Morgan fingerprint density at radius 2 is 2.08 bits per heavy atom. The van der Waals surface area contributed by atoms with Crippen LogP contribution in [0.2, 0.25) is 0 Å². The van der Waals surface area contributed by atoms with Crippen molar-refractivity contribution in [3.63, 3.8) is 0 Å². The number of carbonyl (C=O) groups excluding carboxylic acids is 1. The molecule has 0 radical (unpaired) electrons. The zero-order valence-electron chi connectivity index (χ0n) is 12.8. The predicted molar refractivity (Wildman–Crippen MR) is 79.1 cm³/mol. The average molecular weight is 343 g/mol. The summed E-state index contributed by atoms with van der Waals surface area (Å²) in [4.78, 5) is 24.6. The molecule has 1 amide bonds. The van der Waals surface area contributed by atoms with Crippen LogP contribution < -0.4 is 0 Å². The molecule has 2 rings (SSSR count). The average Bonchev–Trinajstić information content (AvgIpc) is 2.54. The molecule has 1 unspecified atom stereocenters. The molecule has 1 atom stereocenters. The van der Waals surface area contributed by atoms with Crippen molar-refractivity contribution in [2.75, 3.05) is 19.8 Å². The predicted octanol–water partition coefficient (Wildman–Crippen LogP) is 2.42. The highest BCUT2D eigenvalue weighted by atomic mass is 19.4. The van der Waals surface area contributed by atoms with E-state index in [9.17, 15) is 22.8 Å². The molecule has 1 saturated heterocycles. The molecule has 0 saturated carbocycles. The van der Waals surface area contributed by atoms with Crippen molar-refractivity contribution < 1.29 is 32.6 Å². The van der Waals surface area contributed by atoms with Crippen LogP contribution in [0.1, 0.15) is 18.1 Å². The smallest absolute Gasteiger partial charge is 0.416 e. The topological polar surface area (TPSA) is 66.8 Å². The minimum Gasteiger partial charge on any atom is -0.480 e. The molecule has 0 spiro atoms. The lowest BCUT2D eigenvalue weighted by Crippen LogP contribution is -2.52. The Morgan fingerprint density at radius 1 is 1.38 bits per heavy atom. The minimum absolute atomic E-state index is 0.113. The number of rotatable bonds is 3. The number of morpholine rings is 1. The number of allylic oxidation sites excluding steroid dienone is 1. The van der Waals surface area contributed by atoms with Crippen LogP contribution in [0.25, 0.3) is 5.57 Å². The van der Waals surface area contributed by atoms with Gasteiger partial charge >= 0.3 is 12.1 Å². The number of carboxylic acid groups (broad SMARTS) is 1. The van der Waals surface area contributed by atoms with Gasteiger partial charge in [0.2, 0.25) is 5.91 Å². The Hall–Kier alpha value is -2.35. The fraction of sp³-hybridized carbons (Fsp3) is 0.375. The lowest BCUT2D eigenvalue weighted by Gasteiger charge is -2.32. The number of hydrogen-bond acceptors (Lipinski definition) is 3. The Morgan fingerprint density at radius 3 is 2.71 bits per heavy atom. The molecule has 0 aliphatic carbocycles. The van der Waals surface area contributed by atoms with Crippen LogP contribution in [-0.2, 0) is 20.5 Å². The van der Waals surface area contributed by atoms with Gasteiger partial charge < -0.3 is 14.7 Å². The van der Waals surface area contributed by atoms with Crippen LogP contribution in [0.5, 0.6) is 0 Å². The van der Waals surface area contributed by atoms with Crippen LogP contribution >= 0.6 is 0 Å². The van der Waals surface area contributed by atoms with Gasteiger partial charge in [0.05, 0.1) is 18.8 Å². The van der Waals surface area contributed by atoms with Gasteiger partial charge in [-0.1, -0.05) is 12.1 Å². The minimum atomic E-state index is -4.47. The molecular weight excluding hydrogens is 327 g/mol. The third-order valence-corrected chi connectivity index (χ3v) is 3.68. The Kier molecular flexibility index (Phi) is 5.28. The number of halogens is 3. The fourth-order valence-electron chi connectivity index (χ4n) is 2.36. The van der Waals surface area contributed by atoms with Gasteiger partial charge in [0.1, 0.15) is 0 Å². The largest absolute Gasteiger partial charge is 0.480 e. The monoisotopic (exact) mass is 343 g/mol. The maximum absolute atomic E-state index is 12.8. The number of alkyl halides is 3. The van der Waals surface area contributed by atoms with E-state index in [2.05, 4.69) is 0 Å². The van der Waals surface area contributed by atoms with Gasteiger partial charge in [0, 0.05) is 12.6 Å². The molecule has 130 valence electrons. The van der Waals surface area contributed by atoms with Crippen molar-refractivity contribution in [2.24, 2.45) is 0 Å². The van der Waals surface area contributed by atoms with Crippen molar-refractivity contribution >= 4 is 17.4 Å². The summed E-state index contributed by atoms with van der Waals surface area (Å²) in [6, 6.07) is 3.52. The Bertz CT molecular complexity index is 670. The zero-order chi connectivity index (χ0) is 17.9. The first-order valence-corrected chi connectivity index (χ1v) is 7.17. The number of aliphatic carboxylic acids is 1. The summed E-state index contributed by atoms with van der Waals surface area (Å²) in [5.41, 5.74) is -0.241. The summed E-state index contributed by atoms with van der Waals surface area (Å²) in [6.45, 7) is 1.72. The van der Waals surface area contributed by atoms with Crippen LogP contribution in [0.4, 0.5) is 13.2 Å². The highest BCUT2D eigenvalue weighted by molar-refractivity contribution is 5.97. The summed E-state index contributed by atoms with van der Waals surface area (Å²) in [5.74, 6) is -1.76. The maximum atomic E-state index is 12.8. The summed E-state index contributed by atoms with van der Waals surface area (Å²) in [6.07, 6.45) is -3.32. The number of amides is 1. The molecule has 24 heavy (non-hydrogen) atoms. The van der Waals surface area contributed by atoms with Crippen molar-refractivity contribution in [1.29, 1.82) is 0 Å². The number of ether oxygens (including phenoxy) is 1. The highest BCUT2D eigenvalue weighted by Gasteiger charge is 2.32. The van der Waals surface area contributed by atoms with Gasteiger partial charge in [-0.3, -0.25) is 4.79 Å². The van der Waals surface area contributed by atoms with Crippen molar-refractivity contribution in [1.82, 2.24) is 4.90 Å². The van der Waals surface area contributed by atoms with Crippen LogP contribution in [0.15, 0.2) is 30.3 Å². The third kappa shape index (κ3) is 4.14. The van der Waals surface area contributed by atoms with E-state index in [1.54, 1.807) is 0 Å². The molecular formula is C16H16F3NO4. The first-order chi connectivity index (χ1) is 11.2. The van der Waals surface area contributed by atoms with E-state index in [1.165, 1.54) is 19.1 Å². The SMILES string of the molecule is CC(=CC(=O)N1CCOCC1C(=O)O)c1cccc(C(F)(F)F)c1. The molecule has 1 fully saturated rings. The van der Waals surface area contributed by atoms with Crippen molar-refractivity contribution in [3.05, 3.63) is 41.5 Å². The number of carbonyl (C=O) groups is 2. The highest BCUT2D eigenvalue weighted by Crippen LogP contribution is 2.31. The Labute approximate surface area is 136 Å². The van der Waals surface area contributed by atoms with E-state index in [0.29, 0.717) is 5.57 Å². The maximum Gasteiger partial charge on any atom is 0.416 e. The van der Waals surface area contributed by atoms with Crippen LogP contribution in [-0.4, -0.2) is 47.7 Å². The van der Waals surface area contributed by atoms with E-state index in [4.69, 9.17) is 9.84 Å². The zero-order valence-corrected chi connectivity index (χ0v) is 12.8. The van der Waals surface area contributed by atoms with Gasteiger partial charge in [-0.15, -0.1) is 0 Å². The second kappa shape index (κ2) is 7.04. The summed E-state index contributed by atoms with van der Waals surface area (Å²) in [7, 11) is 0. The van der Waals surface area contributed by atoms with E-state index < -0.39 is 29.7 Å². The molecule has 8 heteroatoms. The van der Waals surface area contributed by atoms with E-state index in [1.807, 2.05) is 0 Å². The quantitative estimate of drug-likeness (QED) is 0.856. The van der Waals surface area contributed by atoms with Gasteiger partial charge in [0.25, 0.3) is 0 Å². The number of nitrogens with zero attached hydrogens (tertiary/aromatic N) is 1. The molecule has 1 aliphatic rings. The molecule has 1 aromatic carbocycles. The molecule has 1 aromatic rings. The molecule has 0 aromatic heterocycles. The van der Waals surface area contributed by atoms with E-state index in [0.717, 1.165) is 23.1 Å². The van der Waals surface area contributed by atoms with Crippen LogP contribution in [0.3, 0.4) is 0 Å². The first kappa shape index (κ1) is 18.0. The summed E-state index contributed by atoms with van der Waals surface area (Å²) in [5, 5.41) is 9.12. The molecule has 1 aliphatic heterocycles. The second-order valence-corrected chi connectivity index (χ2v) is 5.37. The van der Waals surface area contributed by atoms with Gasteiger partial charge in [-0.25, -0.2) is 4.79 Å². The number of carboxylic acids is 1. The first-order valence-electron chi connectivity index (χ1n) is 7.17. The van der Waals surface area contributed by atoms with Gasteiger partial charge in [-0.05, 0) is 30.2 Å². The van der Waals surface area contributed by atoms with E-state index in [-0.39, 0.29) is 25.3 Å². The van der Waals surface area contributed by atoms with Crippen molar-refractivity contribution in [2.45, 2.75) is 19.1 Å². The second-order valence-electron chi connectivity index (χ2n) is 5.37. The normalized spacial score (nSPS) is 19.2. The van der Waals surface area contributed by atoms with Gasteiger partial charge in [0.15, 0.2) is 6.04 Å². The van der Waals surface area contributed by atoms with Crippen LogP contribution in [0, 0.1) is 0 Å². The van der Waals surface area contributed by atoms with Gasteiger partial charge in [-0.2, -0.15) is 13.2 Å². The molecule has 0 bridgehead atoms. The lowest BCUT2D eigenvalue weighted by molar-refractivity contribution is -0.156. The summed E-state index contributed by atoms with van der Waals surface area (Å²) >= 11 is 0. The number of benzene rings is 1. The fourth-order valence-corrected chi connectivity index (χ4v) is 2.36. The standard InChI is InChI=1S/C16H16F3NO4/c1-10(11-3-2-4-12(8-11)16(17,18)19)7-14(21)20-5-6-24-9-13(20)15(22)23/h2-4,7-8,13H,5-6,9H2,1H3,(H,22,23). The van der Waals surface area contributed by atoms with Crippen molar-refractivity contribution in [3.8, 4) is 0 Å². The van der Waals surface area contributed by atoms with E-state index >= 15 is 0 Å².